The Labute approximate surface area is 114 Å². The summed E-state index contributed by atoms with van der Waals surface area (Å²) in [5, 5.41) is 3.57. The third-order valence-electron chi connectivity index (χ3n) is 2.39. The molecule has 0 atom stereocenters. The van der Waals surface area contributed by atoms with Crippen LogP contribution in [0.3, 0.4) is 0 Å². The highest BCUT2D eigenvalue weighted by Crippen LogP contribution is 2.32. The normalized spacial score (nSPS) is 12.5. The van der Waals surface area contributed by atoms with Gasteiger partial charge in [-0.25, -0.2) is 0 Å². The molecule has 5 nitrogen and oxygen atoms in total. The average Bonchev–Trinajstić information content (AvgIpc) is 2.85. The SMILES string of the molecule is O=C(NCCOCCBr)c1ccc2c(c1)OCO2. The second-order valence-electron chi connectivity index (χ2n) is 3.63. The molecule has 18 heavy (non-hydrogen) atoms. The average molecular weight is 316 g/mol. The maximum Gasteiger partial charge on any atom is 0.251 e. The molecule has 1 aromatic rings. The Hall–Kier alpha value is -1.27. The molecular weight excluding hydrogens is 302 g/mol. The summed E-state index contributed by atoms with van der Waals surface area (Å²) in [6.45, 7) is 1.84. The first kappa shape index (κ1) is 13.2. The molecular formula is C12H14BrNO4. The number of carbonyl (C=O) groups is 1. The summed E-state index contributed by atoms with van der Waals surface area (Å²) in [5.74, 6) is 1.14. The molecule has 2 rings (SSSR count). The Kier molecular flexibility index (Phi) is 4.83. The van der Waals surface area contributed by atoms with Gasteiger partial charge in [-0.05, 0) is 18.2 Å². The van der Waals surface area contributed by atoms with Crippen molar-refractivity contribution in [2.45, 2.75) is 0 Å². The van der Waals surface area contributed by atoms with Gasteiger partial charge in [-0.1, -0.05) is 15.9 Å². The molecule has 0 bridgehead atoms. The minimum Gasteiger partial charge on any atom is -0.454 e. The van der Waals surface area contributed by atoms with Crippen LogP contribution < -0.4 is 14.8 Å². The lowest BCUT2D eigenvalue weighted by Gasteiger charge is -2.06. The summed E-state index contributed by atoms with van der Waals surface area (Å²) >= 11 is 3.26. The van der Waals surface area contributed by atoms with Gasteiger partial charge >= 0.3 is 0 Å². The molecule has 6 heteroatoms. The predicted molar refractivity (Wildman–Crippen MR) is 69.5 cm³/mol. The molecule has 0 spiro atoms. The zero-order valence-electron chi connectivity index (χ0n) is 9.78. The number of amides is 1. The van der Waals surface area contributed by atoms with Crippen molar-refractivity contribution in [2.24, 2.45) is 0 Å². The third-order valence-corrected chi connectivity index (χ3v) is 2.71. The van der Waals surface area contributed by atoms with Gasteiger partial charge in [0.25, 0.3) is 5.91 Å². The molecule has 1 heterocycles. The third kappa shape index (κ3) is 3.36. The minimum atomic E-state index is -0.143. The van der Waals surface area contributed by atoms with Crippen LogP contribution in [0.2, 0.25) is 0 Å². The molecule has 0 saturated carbocycles. The van der Waals surface area contributed by atoms with Crippen molar-refractivity contribution >= 4 is 21.8 Å². The highest BCUT2D eigenvalue weighted by molar-refractivity contribution is 9.09. The van der Waals surface area contributed by atoms with Crippen molar-refractivity contribution in [3.8, 4) is 11.5 Å². The van der Waals surface area contributed by atoms with E-state index in [9.17, 15) is 4.79 Å². The van der Waals surface area contributed by atoms with E-state index in [0.717, 1.165) is 5.33 Å². The fourth-order valence-corrected chi connectivity index (χ4v) is 1.76. The van der Waals surface area contributed by atoms with Crippen LogP contribution in [0.4, 0.5) is 0 Å². The van der Waals surface area contributed by atoms with Gasteiger partial charge in [-0.2, -0.15) is 0 Å². The first-order valence-electron chi connectivity index (χ1n) is 5.63. The van der Waals surface area contributed by atoms with Crippen molar-refractivity contribution < 1.29 is 19.0 Å². The van der Waals surface area contributed by atoms with E-state index in [0.29, 0.717) is 36.8 Å². The first-order chi connectivity index (χ1) is 8.81. The zero-order chi connectivity index (χ0) is 12.8. The van der Waals surface area contributed by atoms with Gasteiger partial charge in [0, 0.05) is 17.4 Å². The molecule has 98 valence electrons. The Morgan fingerprint density at radius 3 is 3.00 bits per heavy atom. The topological polar surface area (TPSA) is 56.8 Å². The summed E-state index contributed by atoms with van der Waals surface area (Å²) in [6, 6.07) is 5.12. The van der Waals surface area contributed by atoms with Crippen molar-refractivity contribution in [1.82, 2.24) is 5.32 Å². The first-order valence-corrected chi connectivity index (χ1v) is 6.75. The standard InChI is InChI=1S/C12H14BrNO4/c13-3-5-16-6-4-14-12(15)9-1-2-10-11(7-9)18-8-17-10/h1-2,7H,3-6,8H2,(H,14,15). The molecule has 0 unspecified atom stereocenters. The molecule has 1 aliphatic rings. The molecule has 0 radical (unpaired) electrons. The van der Waals surface area contributed by atoms with Crippen LogP contribution in [0.15, 0.2) is 18.2 Å². The van der Waals surface area contributed by atoms with Gasteiger partial charge in [0.1, 0.15) is 0 Å². The molecule has 1 aromatic carbocycles. The van der Waals surface area contributed by atoms with Gasteiger partial charge in [0.05, 0.1) is 13.2 Å². The van der Waals surface area contributed by atoms with E-state index in [1.807, 2.05) is 0 Å². The fraction of sp³-hybridized carbons (Fsp3) is 0.417. The molecule has 1 N–H and O–H groups in total. The van der Waals surface area contributed by atoms with E-state index in [-0.39, 0.29) is 12.7 Å². The number of halogens is 1. The lowest BCUT2D eigenvalue weighted by Crippen LogP contribution is -2.27. The fourth-order valence-electron chi connectivity index (χ4n) is 1.53. The van der Waals surface area contributed by atoms with Gasteiger partial charge in [-0.3, -0.25) is 4.79 Å². The van der Waals surface area contributed by atoms with Crippen LogP contribution in [-0.4, -0.2) is 37.8 Å². The van der Waals surface area contributed by atoms with Crippen LogP contribution in [0.1, 0.15) is 10.4 Å². The van der Waals surface area contributed by atoms with Crippen molar-refractivity contribution in [2.75, 3.05) is 31.9 Å². The van der Waals surface area contributed by atoms with Gasteiger partial charge in [0.2, 0.25) is 6.79 Å². The summed E-state index contributed by atoms with van der Waals surface area (Å²) in [5.41, 5.74) is 0.555. The van der Waals surface area contributed by atoms with Crippen LogP contribution in [-0.2, 0) is 4.74 Å². The highest BCUT2D eigenvalue weighted by atomic mass is 79.9. The van der Waals surface area contributed by atoms with Crippen LogP contribution in [0, 0.1) is 0 Å². The number of rotatable bonds is 6. The quantitative estimate of drug-likeness (QED) is 0.639. The summed E-state index contributed by atoms with van der Waals surface area (Å²) in [4.78, 5) is 11.8. The van der Waals surface area contributed by atoms with Crippen molar-refractivity contribution in [3.63, 3.8) is 0 Å². The van der Waals surface area contributed by atoms with E-state index in [1.165, 1.54) is 0 Å². The van der Waals surface area contributed by atoms with Crippen LogP contribution in [0.5, 0.6) is 11.5 Å². The number of alkyl halides is 1. The second-order valence-corrected chi connectivity index (χ2v) is 4.42. The zero-order valence-corrected chi connectivity index (χ0v) is 11.4. The van der Waals surface area contributed by atoms with Crippen molar-refractivity contribution in [1.29, 1.82) is 0 Å². The lowest BCUT2D eigenvalue weighted by molar-refractivity contribution is 0.0923. The molecule has 0 saturated heterocycles. The van der Waals surface area contributed by atoms with E-state index in [2.05, 4.69) is 21.2 Å². The molecule has 0 fully saturated rings. The monoisotopic (exact) mass is 315 g/mol. The van der Waals surface area contributed by atoms with Crippen molar-refractivity contribution in [3.05, 3.63) is 23.8 Å². The molecule has 1 aliphatic heterocycles. The van der Waals surface area contributed by atoms with Crippen LogP contribution in [0.25, 0.3) is 0 Å². The maximum absolute atomic E-state index is 11.8. The number of nitrogens with one attached hydrogen (secondary N) is 1. The second kappa shape index (κ2) is 6.61. The van der Waals surface area contributed by atoms with E-state index in [1.54, 1.807) is 18.2 Å². The van der Waals surface area contributed by atoms with Gasteiger partial charge in [-0.15, -0.1) is 0 Å². The predicted octanol–water partition coefficient (Wildman–Crippen LogP) is 1.56. The Morgan fingerprint density at radius 2 is 2.17 bits per heavy atom. The molecule has 0 aromatic heterocycles. The highest BCUT2D eigenvalue weighted by Gasteiger charge is 2.15. The summed E-state index contributed by atoms with van der Waals surface area (Å²) < 4.78 is 15.6. The van der Waals surface area contributed by atoms with E-state index < -0.39 is 0 Å². The van der Waals surface area contributed by atoms with Gasteiger partial charge < -0.3 is 19.5 Å². The largest absolute Gasteiger partial charge is 0.454 e. The number of benzene rings is 1. The van der Waals surface area contributed by atoms with Gasteiger partial charge in [0.15, 0.2) is 11.5 Å². The lowest BCUT2D eigenvalue weighted by atomic mass is 10.2. The molecule has 1 amide bonds. The minimum absolute atomic E-state index is 0.143. The number of hydrogen-bond acceptors (Lipinski definition) is 4. The number of fused-ring (bicyclic) bond motifs is 1. The maximum atomic E-state index is 11.8. The number of ether oxygens (including phenoxy) is 3. The Bertz CT molecular complexity index is 425. The van der Waals surface area contributed by atoms with E-state index in [4.69, 9.17) is 14.2 Å². The number of hydrogen-bond donors (Lipinski definition) is 1. The summed E-state index contributed by atoms with van der Waals surface area (Å²) in [7, 11) is 0. The Balaban J connectivity index is 1.82. The number of carbonyl (C=O) groups excluding carboxylic acids is 1. The summed E-state index contributed by atoms with van der Waals surface area (Å²) in [6.07, 6.45) is 0. The molecule has 0 aliphatic carbocycles. The Morgan fingerprint density at radius 1 is 1.33 bits per heavy atom. The van der Waals surface area contributed by atoms with E-state index >= 15 is 0 Å². The van der Waals surface area contributed by atoms with Crippen LogP contribution >= 0.6 is 15.9 Å². The smallest absolute Gasteiger partial charge is 0.251 e.